The summed E-state index contributed by atoms with van der Waals surface area (Å²) in [6, 6.07) is 2.72. The molecule has 15 heteroatoms. The zero-order valence-corrected chi connectivity index (χ0v) is 12.3. The van der Waals surface area contributed by atoms with Gasteiger partial charge in [-0.15, -0.1) is 0 Å². The topological polar surface area (TPSA) is 210 Å². The molecule has 0 saturated heterocycles. The molecule has 0 saturated carbocycles. The molecule has 2 aromatic rings. The summed E-state index contributed by atoms with van der Waals surface area (Å²) in [5, 5.41) is 53.4. The molecule has 1 aromatic heterocycles. The van der Waals surface area contributed by atoms with Gasteiger partial charge in [0, 0.05) is 6.07 Å². The van der Waals surface area contributed by atoms with E-state index < -0.39 is 53.6 Å². The van der Waals surface area contributed by atoms with E-state index in [9.17, 15) is 45.7 Å². The Morgan fingerprint density at radius 2 is 1.31 bits per heavy atom. The first-order valence-electron chi connectivity index (χ1n) is 6.34. The van der Waals surface area contributed by atoms with Crippen LogP contribution in [0, 0.1) is 40.5 Å². The molecular weight excluding hydrogens is 360 g/mol. The van der Waals surface area contributed by atoms with Crippen molar-refractivity contribution in [2.75, 3.05) is 0 Å². The predicted molar refractivity (Wildman–Crippen MR) is 79.9 cm³/mol. The number of rotatable bonds is 5. The lowest BCUT2D eigenvalue weighted by molar-refractivity contribution is -0.402. The average molecular weight is 366 g/mol. The molecule has 134 valence electrons. The fourth-order valence-electron chi connectivity index (χ4n) is 1.87. The summed E-state index contributed by atoms with van der Waals surface area (Å²) in [4.78, 5) is 43.1. The number of pyridine rings is 1. The monoisotopic (exact) mass is 366 g/mol. The van der Waals surface area contributed by atoms with E-state index >= 15 is 0 Å². The van der Waals surface area contributed by atoms with E-state index in [-0.39, 0.29) is 4.73 Å². The normalized spacial score (nSPS) is 11.2. The first-order chi connectivity index (χ1) is 12.1. The maximum atomic E-state index is 11.1. The van der Waals surface area contributed by atoms with Crippen molar-refractivity contribution in [3.8, 4) is 0 Å². The lowest BCUT2D eigenvalue weighted by Crippen LogP contribution is -2.18. The molecule has 1 heterocycles. The molecular formula is C11H6N6O9. The van der Waals surface area contributed by atoms with E-state index in [1.807, 2.05) is 0 Å². The zero-order valence-electron chi connectivity index (χ0n) is 12.3. The fourth-order valence-corrected chi connectivity index (χ4v) is 1.87. The van der Waals surface area contributed by atoms with E-state index in [0.717, 1.165) is 12.1 Å². The second kappa shape index (κ2) is 6.59. The molecule has 0 spiro atoms. The Balaban J connectivity index is 2.84. The van der Waals surface area contributed by atoms with Crippen molar-refractivity contribution in [2.24, 2.45) is 4.99 Å². The van der Waals surface area contributed by atoms with Crippen molar-refractivity contribution in [1.29, 1.82) is 0 Å². The van der Waals surface area contributed by atoms with Gasteiger partial charge in [0.25, 0.3) is 11.4 Å². The van der Waals surface area contributed by atoms with Crippen molar-refractivity contribution in [1.82, 2.24) is 4.73 Å². The zero-order chi connectivity index (χ0) is 19.6. The largest absolute Gasteiger partial charge is 0.427 e. The molecule has 0 bridgehead atoms. The molecule has 1 N–H and O–H groups in total. The Kier molecular flexibility index (Phi) is 4.54. The number of benzene rings is 1. The highest BCUT2D eigenvalue weighted by atomic mass is 16.6. The van der Waals surface area contributed by atoms with Crippen LogP contribution in [0.15, 0.2) is 35.5 Å². The Labute approximate surface area is 140 Å². The summed E-state index contributed by atoms with van der Waals surface area (Å²) in [5.41, 5.74) is -4.94. The third-order valence-corrected chi connectivity index (χ3v) is 2.99. The van der Waals surface area contributed by atoms with Gasteiger partial charge in [-0.3, -0.25) is 40.5 Å². The van der Waals surface area contributed by atoms with Crippen LogP contribution in [0.5, 0.6) is 0 Å². The van der Waals surface area contributed by atoms with Gasteiger partial charge in [0.05, 0.1) is 31.8 Å². The Hall–Kier alpha value is -4.43. The molecule has 2 rings (SSSR count). The fraction of sp³-hybridized carbons (Fsp3) is 0. The minimum absolute atomic E-state index is 0.132. The van der Waals surface area contributed by atoms with Gasteiger partial charge in [-0.1, -0.05) is 0 Å². The molecule has 0 aliphatic rings. The van der Waals surface area contributed by atoms with Crippen LogP contribution in [0.1, 0.15) is 0 Å². The lowest BCUT2D eigenvalue weighted by Gasteiger charge is -2.02. The van der Waals surface area contributed by atoms with Crippen molar-refractivity contribution >= 4 is 28.4 Å². The van der Waals surface area contributed by atoms with Gasteiger partial charge in [0.1, 0.15) is 6.20 Å². The van der Waals surface area contributed by atoms with Crippen LogP contribution in [-0.4, -0.2) is 29.6 Å². The molecule has 0 unspecified atom stereocenters. The number of hydrogen-bond donors (Lipinski definition) is 1. The Bertz CT molecular complexity index is 992. The molecule has 0 aliphatic carbocycles. The molecule has 0 amide bonds. The van der Waals surface area contributed by atoms with Crippen molar-refractivity contribution in [2.45, 2.75) is 0 Å². The van der Waals surface area contributed by atoms with Gasteiger partial charge in [0.2, 0.25) is 5.69 Å². The number of aromatic nitrogens is 1. The second-order valence-electron chi connectivity index (χ2n) is 4.56. The number of nitrogens with zero attached hydrogens (tertiary/aromatic N) is 6. The van der Waals surface area contributed by atoms with Crippen LogP contribution in [0.25, 0.3) is 0 Å². The van der Waals surface area contributed by atoms with Crippen LogP contribution in [0.3, 0.4) is 0 Å². The smallest absolute Gasteiger partial charge is 0.308 e. The first kappa shape index (κ1) is 17.9. The van der Waals surface area contributed by atoms with Crippen LogP contribution in [0.2, 0.25) is 0 Å². The average Bonchev–Trinajstić information content (AvgIpc) is 2.55. The minimum Gasteiger partial charge on any atom is -0.427 e. The van der Waals surface area contributed by atoms with Crippen molar-refractivity contribution in [3.05, 3.63) is 76.4 Å². The highest BCUT2D eigenvalue weighted by Crippen LogP contribution is 2.40. The van der Waals surface area contributed by atoms with Gasteiger partial charge in [-0.2, -0.15) is 4.73 Å². The van der Waals surface area contributed by atoms with Gasteiger partial charge in [0.15, 0.2) is 5.49 Å². The number of non-ortho nitro benzene ring substituents is 1. The van der Waals surface area contributed by atoms with E-state index in [2.05, 4.69) is 4.99 Å². The summed E-state index contributed by atoms with van der Waals surface area (Å²) in [7, 11) is 0. The highest BCUT2D eigenvalue weighted by Gasteiger charge is 2.30. The third-order valence-electron chi connectivity index (χ3n) is 2.99. The van der Waals surface area contributed by atoms with Gasteiger partial charge >= 0.3 is 11.4 Å². The highest BCUT2D eigenvalue weighted by molar-refractivity contribution is 5.73. The van der Waals surface area contributed by atoms with E-state index in [1.165, 1.54) is 0 Å². The second-order valence-corrected chi connectivity index (χ2v) is 4.56. The molecule has 0 aliphatic heterocycles. The summed E-state index contributed by atoms with van der Waals surface area (Å²) in [6.45, 7) is 0. The summed E-state index contributed by atoms with van der Waals surface area (Å²) >= 11 is 0. The van der Waals surface area contributed by atoms with Crippen LogP contribution in [-0.2, 0) is 0 Å². The summed E-state index contributed by atoms with van der Waals surface area (Å²) < 4.78 is 0.132. The maximum absolute atomic E-state index is 11.1. The SMILES string of the molecule is O=[N+]([O-])c1cc([N+](=O)[O-])c(N=c2ccc([N+](=O)[O-])cn2O)c([N+](=O)[O-])c1. The van der Waals surface area contributed by atoms with E-state index in [1.54, 1.807) is 0 Å². The van der Waals surface area contributed by atoms with Crippen molar-refractivity contribution in [3.63, 3.8) is 0 Å². The maximum Gasteiger partial charge on any atom is 0.308 e. The summed E-state index contributed by atoms with van der Waals surface area (Å²) in [6.07, 6.45) is 0.613. The molecule has 1 aromatic carbocycles. The Morgan fingerprint density at radius 1 is 0.808 bits per heavy atom. The molecule has 26 heavy (non-hydrogen) atoms. The van der Waals surface area contributed by atoms with Gasteiger partial charge < -0.3 is 5.21 Å². The molecule has 15 nitrogen and oxygen atoms in total. The van der Waals surface area contributed by atoms with E-state index in [4.69, 9.17) is 0 Å². The van der Waals surface area contributed by atoms with Crippen LogP contribution >= 0.6 is 0 Å². The summed E-state index contributed by atoms with van der Waals surface area (Å²) in [5.74, 6) is 0. The molecule has 0 radical (unpaired) electrons. The molecule has 0 atom stereocenters. The predicted octanol–water partition coefficient (Wildman–Crippen LogP) is 1.59. The standard InChI is InChI=1S/C11H6N6O9/c18-13-5-6(14(19)20)1-2-10(13)12-11-8(16(23)24)3-7(15(21)22)4-9(11)17(25)26/h1-5,18H. The van der Waals surface area contributed by atoms with Crippen LogP contribution < -0.4 is 5.49 Å². The first-order valence-corrected chi connectivity index (χ1v) is 6.34. The lowest BCUT2D eigenvalue weighted by atomic mass is 10.2. The number of nitro groups is 4. The van der Waals surface area contributed by atoms with Gasteiger partial charge in [-0.05, 0) is 6.07 Å². The third kappa shape index (κ3) is 3.40. The van der Waals surface area contributed by atoms with E-state index in [0.29, 0.717) is 18.3 Å². The quantitative estimate of drug-likeness (QED) is 0.461. The van der Waals surface area contributed by atoms with Crippen LogP contribution in [0.4, 0.5) is 28.4 Å². The molecule has 0 fully saturated rings. The number of nitro benzene ring substituents is 3. The van der Waals surface area contributed by atoms with Gasteiger partial charge in [-0.25, -0.2) is 4.99 Å². The Morgan fingerprint density at radius 3 is 1.69 bits per heavy atom. The van der Waals surface area contributed by atoms with Crippen molar-refractivity contribution < 1.29 is 24.9 Å². The number of hydrogen-bond acceptors (Lipinski definition) is 10. The minimum atomic E-state index is -1.12.